The highest BCUT2D eigenvalue weighted by Crippen LogP contribution is 2.27. The average Bonchev–Trinajstić information content (AvgIpc) is 2.62. The molecule has 1 amide bonds. The first-order valence-electron chi connectivity index (χ1n) is 9.75. The molecule has 0 unspecified atom stereocenters. The number of aryl methyl sites for hydroxylation is 2. The van der Waals surface area contributed by atoms with Gasteiger partial charge >= 0.3 is 0 Å². The molecule has 3 rings (SSSR count). The van der Waals surface area contributed by atoms with Crippen LogP contribution in [0, 0.1) is 19.8 Å². The third-order valence-electron chi connectivity index (χ3n) is 5.70. The lowest BCUT2D eigenvalue weighted by molar-refractivity contribution is -0.137. The summed E-state index contributed by atoms with van der Waals surface area (Å²) in [5, 5.41) is 0. The standard InChI is InChI=1S/C20H30N2O3S/c1-15-8-9-19(16(2)14-15)26(24,25)21-18-10-12-22(13-11-18)20(23)17-6-4-3-5-7-17/h8-9,14,17-18,21H,3-7,10-13H2,1-2H3. The van der Waals surface area contributed by atoms with Crippen LogP contribution in [-0.2, 0) is 14.8 Å². The van der Waals surface area contributed by atoms with Crippen molar-refractivity contribution in [2.75, 3.05) is 13.1 Å². The van der Waals surface area contributed by atoms with E-state index in [2.05, 4.69) is 4.72 Å². The van der Waals surface area contributed by atoms with Gasteiger partial charge in [0, 0.05) is 25.0 Å². The summed E-state index contributed by atoms with van der Waals surface area (Å²) in [4.78, 5) is 14.9. The van der Waals surface area contributed by atoms with Crippen LogP contribution in [-0.4, -0.2) is 38.4 Å². The van der Waals surface area contributed by atoms with Gasteiger partial charge in [0.1, 0.15) is 0 Å². The molecule has 2 aliphatic rings. The summed E-state index contributed by atoms with van der Waals surface area (Å²) < 4.78 is 28.3. The quantitative estimate of drug-likeness (QED) is 0.875. The molecule has 1 aromatic carbocycles. The number of hydrogen-bond donors (Lipinski definition) is 1. The summed E-state index contributed by atoms with van der Waals surface area (Å²) in [6, 6.07) is 5.29. The smallest absolute Gasteiger partial charge is 0.241 e. The molecule has 0 aromatic heterocycles. The number of nitrogens with zero attached hydrogens (tertiary/aromatic N) is 1. The van der Waals surface area contributed by atoms with Gasteiger partial charge in [0.25, 0.3) is 0 Å². The lowest BCUT2D eigenvalue weighted by Gasteiger charge is -2.35. The van der Waals surface area contributed by atoms with Crippen molar-refractivity contribution < 1.29 is 13.2 Å². The molecule has 0 bridgehead atoms. The Morgan fingerprint density at radius 2 is 1.69 bits per heavy atom. The summed E-state index contributed by atoms with van der Waals surface area (Å²) in [7, 11) is -3.52. The van der Waals surface area contributed by atoms with Crippen molar-refractivity contribution >= 4 is 15.9 Å². The van der Waals surface area contributed by atoms with Crippen LogP contribution in [0.2, 0.25) is 0 Å². The highest BCUT2D eigenvalue weighted by Gasteiger charge is 2.31. The minimum absolute atomic E-state index is 0.101. The van der Waals surface area contributed by atoms with Crippen molar-refractivity contribution in [2.24, 2.45) is 5.92 Å². The van der Waals surface area contributed by atoms with Crippen molar-refractivity contribution in [2.45, 2.75) is 69.7 Å². The van der Waals surface area contributed by atoms with Gasteiger partial charge in [-0.3, -0.25) is 4.79 Å². The van der Waals surface area contributed by atoms with E-state index in [4.69, 9.17) is 0 Å². The second-order valence-electron chi connectivity index (χ2n) is 7.82. The lowest BCUT2D eigenvalue weighted by atomic mass is 9.87. The highest BCUT2D eigenvalue weighted by molar-refractivity contribution is 7.89. The predicted octanol–water partition coefficient (Wildman–Crippen LogP) is 3.15. The fourth-order valence-electron chi connectivity index (χ4n) is 4.21. The normalized spacial score (nSPS) is 20.3. The van der Waals surface area contributed by atoms with Gasteiger partial charge in [-0.05, 0) is 51.2 Å². The van der Waals surface area contributed by atoms with Crippen molar-refractivity contribution in [1.29, 1.82) is 0 Å². The summed E-state index contributed by atoms with van der Waals surface area (Å²) in [6.07, 6.45) is 6.94. The van der Waals surface area contributed by atoms with Gasteiger partial charge in [-0.1, -0.05) is 37.0 Å². The van der Waals surface area contributed by atoms with Crippen LogP contribution in [0.15, 0.2) is 23.1 Å². The molecular weight excluding hydrogens is 348 g/mol. The molecule has 26 heavy (non-hydrogen) atoms. The van der Waals surface area contributed by atoms with E-state index in [1.54, 1.807) is 6.07 Å². The molecule has 1 aliphatic carbocycles. The molecule has 1 saturated carbocycles. The van der Waals surface area contributed by atoms with Crippen LogP contribution in [0.4, 0.5) is 0 Å². The number of nitrogens with one attached hydrogen (secondary N) is 1. The van der Waals surface area contributed by atoms with E-state index in [9.17, 15) is 13.2 Å². The Labute approximate surface area is 157 Å². The third kappa shape index (κ3) is 4.46. The molecule has 5 nitrogen and oxygen atoms in total. The fraction of sp³-hybridized carbons (Fsp3) is 0.650. The van der Waals surface area contributed by atoms with Crippen molar-refractivity contribution in [3.05, 3.63) is 29.3 Å². The maximum Gasteiger partial charge on any atom is 0.241 e. The van der Waals surface area contributed by atoms with E-state index in [1.807, 2.05) is 30.9 Å². The van der Waals surface area contributed by atoms with Crippen LogP contribution in [0.3, 0.4) is 0 Å². The Hall–Kier alpha value is -1.40. The average molecular weight is 379 g/mol. The molecule has 0 spiro atoms. The number of carbonyl (C=O) groups is 1. The van der Waals surface area contributed by atoms with Gasteiger partial charge in [0.05, 0.1) is 4.90 Å². The number of sulfonamides is 1. The Bertz CT molecular complexity index is 746. The van der Waals surface area contributed by atoms with Crippen molar-refractivity contribution in [3.8, 4) is 0 Å². The second-order valence-corrected chi connectivity index (χ2v) is 9.51. The SMILES string of the molecule is Cc1ccc(S(=O)(=O)NC2CCN(C(=O)C3CCCCC3)CC2)c(C)c1. The number of likely N-dealkylation sites (tertiary alicyclic amines) is 1. The van der Waals surface area contributed by atoms with Crippen molar-refractivity contribution in [1.82, 2.24) is 9.62 Å². The van der Waals surface area contributed by atoms with E-state index < -0.39 is 10.0 Å². The van der Waals surface area contributed by atoms with Crippen LogP contribution >= 0.6 is 0 Å². The first kappa shape index (κ1) is 19.4. The zero-order valence-corrected chi connectivity index (χ0v) is 16.6. The predicted molar refractivity (Wildman–Crippen MR) is 102 cm³/mol. The highest BCUT2D eigenvalue weighted by atomic mass is 32.2. The topological polar surface area (TPSA) is 66.5 Å². The van der Waals surface area contributed by atoms with E-state index in [0.29, 0.717) is 30.8 Å². The maximum atomic E-state index is 12.7. The molecular formula is C20H30N2O3S. The lowest BCUT2D eigenvalue weighted by Crippen LogP contribution is -2.48. The minimum atomic E-state index is -3.52. The van der Waals surface area contributed by atoms with Crippen LogP contribution in [0.25, 0.3) is 0 Å². The number of piperidine rings is 1. The number of hydrogen-bond acceptors (Lipinski definition) is 3. The molecule has 0 radical (unpaired) electrons. The van der Waals surface area contributed by atoms with Crippen LogP contribution in [0.1, 0.15) is 56.1 Å². The Morgan fingerprint density at radius 3 is 2.31 bits per heavy atom. The summed E-state index contributed by atoms with van der Waals surface area (Å²) >= 11 is 0. The minimum Gasteiger partial charge on any atom is -0.342 e. The van der Waals surface area contributed by atoms with Crippen molar-refractivity contribution in [3.63, 3.8) is 0 Å². The third-order valence-corrected chi connectivity index (χ3v) is 7.38. The first-order valence-corrected chi connectivity index (χ1v) is 11.2. The summed E-state index contributed by atoms with van der Waals surface area (Å²) in [5.41, 5.74) is 1.82. The van der Waals surface area contributed by atoms with E-state index in [1.165, 1.54) is 6.42 Å². The maximum absolute atomic E-state index is 12.7. The number of carbonyl (C=O) groups excluding carboxylic acids is 1. The summed E-state index contributed by atoms with van der Waals surface area (Å²) in [6.45, 7) is 5.08. The van der Waals surface area contributed by atoms with Gasteiger partial charge in [-0.25, -0.2) is 13.1 Å². The van der Waals surface area contributed by atoms with Gasteiger partial charge < -0.3 is 4.90 Å². The van der Waals surface area contributed by atoms with E-state index >= 15 is 0 Å². The molecule has 2 fully saturated rings. The molecule has 1 N–H and O–H groups in total. The molecule has 1 saturated heterocycles. The number of benzene rings is 1. The van der Waals surface area contributed by atoms with Gasteiger partial charge in [0.2, 0.25) is 15.9 Å². The summed E-state index contributed by atoms with van der Waals surface area (Å²) in [5.74, 6) is 0.465. The van der Waals surface area contributed by atoms with Gasteiger partial charge in [-0.2, -0.15) is 0 Å². The largest absolute Gasteiger partial charge is 0.342 e. The van der Waals surface area contributed by atoms with E-state index in [0.717, 1.165) is 36.8 Å². The zero-order chi connectivity index (χ0) is 18.7. The Balaban J connectivity index is 1.57. The van der Waals surface area contributed by atoms with Gasteiger partial charge in [0.15, 0.2) is 0 Å². The van der Waals surface area contributed by atoms with Gasteiger partial charge in [-0.15, -0.1) is 0 Å². The fourth-order valence-corrected chi connectivity index (χ4v) is 5.74. The number of rotatable bonds is 4. The molecule has 1 aromatic rings. The molecule has 1 aliphatic heterocycles. The number of amides is 1. The molecule has 0 atom stereocenters. The zero-order valence-electron chi connectivity index (χ0n) is 15.8. The second kappa shape index (κ2) is 8.09. The van der Waals surface area contributed by atoms with Crippen LogP contribution < -0.4 is 4.72 Å². The monoisotopic (exact) mass is 378 g/mol. The Kier molecular flexibility index (Phi) is 6.03. The van der Waals surface area contributed by atoms with E-state index in [-0.39, 0.29) is 17.9 Å². The molecule has 144 valence electrons. The Morgan fingerprint density at radius 1 is 1.04 bits per heavy atom. The molecule has 1 heterocycles. The molecule has 6 heteroatoms. The van der Waals surface area contributed by atoms with Crippen LogP contribution in [0.5, 0.6) is 0 Å². The first-order chi connectivity index (χ1) is 12.4.